The molecule has 0 saturated heterocycles. The highest BCUT2D eigenvalue weighted by atomic mass is 16.7. The number of esters is 5. The molecule has 172 valence electrons. The molecule has 12 nitrogen and oxygen atoms in total. The molecule has 0 heterocycles. The van der Waals surface area contributed by atoms with Gasteiger partial charge in [0.05, 0.1) is 0 Å². The summed E-state index contributed by atoms with van der Waals surface area (Å²) in [5, 5.41) is 0. The quantitative estimate of drug-likeness (QED) is 0.228. The molecule has 4 atom stereocenters. The van der Waals surface area contributed by atoms with E-state index >= 15 is 0 Å². The average Bonchev–Trinajstić information content (AvgIpc) is 2.60. The smallest absolute Gasteiger partial charge is 0.303 e. The lowest BCUT2D eigenvalue weighted by molar-refractivity contribution is -0.239. The third-order valence-electron chi connectivity index (χ3n) is 3.42. The molecular weight excluding hydrogens is 408 g/mol. The fraction of sp³-hybridized carbons (Fsp3) is 0.722. The minimum Gasteiger partial charge on any atom is -0.462 e. The minimum atomic E-state index is -1.56. The number of methoxy groups -OCH3 is 2. The summed E-state index contributed by atoms with van der Waals surface area (Å²) in [6.45, 7) is 4.85. The van der Waals surface area contributed by atoms with E-state index < -0.39 is 67.2 Å². The normalized spacial score (nSPS) is 14.7. The Morgan fingerprint density at radius 1 is 0.567 bits per heavy atom. The van der Waals surface area contributed by atoms with E-state index in [0.717, 1.165) is 34.6 Å². The molecule has 12 heteroatoms. The van der Waals surface area contributed by atoms with E-state index in [1.165, 1.54) is 14.2 Å². The van der Waals surface area contributed by atoms with Crippen LogP contribution in [0.5, 0.6) is 0 Å². The van der Waals surface area contributed by atoms with Crippen LogP contribution in [-0.4, -0.2) is 81.4 Å². The van der Waals surface area contributed by atoms with Crippen LogP contribution in [0.1, 0.15) is 34.6 Å². The summed E-state index contributed by atoms with van der Waals surface area (Å²) in [5.41, 5.74) is 0. The van der Waals surface area contributed by atoms with Crippen molar-refractivity contribution in [3.05, 3.63) is 0 Å². The van der Waals surface area contributed by atoms with Crippen molar-refractivity contribution in [1.29, 1.82) is 0 Å². The molecular formula is C18H28O12. The van der Waals surface area contributed by atoms with Crippen LogP contribution >= 0.6 is 0 Å². The zero-order valence-corrected chi connectivity index (χ0v) is 18.0. The molecule has 0 aromatic carbocycles. The Labute approximate surface area is 174 Å². The van der Waals surface area contributed by atoms with Crippen LogP contribution < -0.4 is 0 Å². The highest BCUT2D eigenvalue weighted by Gasteiger charge is 2.47. The van der Waals surface area contributed by atoms with Gasteiger partial charge in [-0.25, -0.2) is 0 Å². The van der Waals surface area contributed by atoms with Gasteiger partial charge in [0.2, 0.25) is 0 Å². The van der Waals surface area contributed by atoms with Crippen molar-refractivity contribution in [3.63, 3.8) is 0 Å². The van der Waals surface area contributed by atoms with Gasteiger partial charge in [0.1, 0.15) is 6.61 Å². The summed E-state index contributed by atoms with van der Waals surface area (Å²) in [5.74, 6) is -3.98. The van der Waals surface area contributed by atoms with Gasteiger partial charge < -0.3 is 33.2 Å². The van der Waals surface area contributed by atoms with E-state index in [1.54, 1.807) is 0 Å². The molecule has 0 aliphatic rings. The maximum absolute atomic E-state index is 11.8. The SMILES string of the molecule is COC(OC)[C@@H](OC(C)=O)[C@@H](OC(C)=O)[C@@H](OC(C)=O)[C@H](COC(C)=O)OC(C)=O. The van der Waals surface area contributed by atoms with Crippen molar-refractivity contribution in [1.82, 2.24) is 0 Å². The molecule has 0 radical (unpaired) electrons. The lowest BCUT2D eigenvalue weighted by Gasteiger charge is -2.37. The fourth-order valence-electron chi connectivity index (χ4n) is 2.50. The van der Waals surface area contributed by atoms with E-state index in [1.807, 2.05) is 0 Å². The van der Waals surface area contributed by atoms with Crippen molar-refractivity contribution in [2.24, 2.45) is 0 Å². The Morgan fingerprint density at radius 3 is 1.33 bits per heavy atom. The minimum absolute atomic E-state index is 0.540. The summed E-state index contributed by atoms with van der Waals surface area (Å²) in [6, 6.07) is 0. The molecule has 0 fully saturated rings. The Balaban J connectivity index is 6.37. The second-order valence-corrected chi connectivity index (χ2v) is 6.01. The van der Waals surface area contributed by atoms with E-state index in [0.29, 0.717) is 0 Å². The third kappa shape index (κ3) is 10.2. The van der Waals surface area contributed by atoms with Gasteiger partial charge in [-0.05, 0) is 0 Å². The lowest BCUT2D eigenvalue weighted by atomic mass is 10.0. The molecule has 0 aliphatic carbocycles. The predicted molar refractivity (Wildman–Crippen MR) is 96.7 cm³/mol. The summed E-state index contributed by atoms with van der Waals surface area (Å²) in [7, 11) is 2.47. The molecule has 0 amide bonds. The molecule has 0 unspecified atom stereocenters. The van der Waals surface area contributed by atoms with E-state index in [9.17, 15) is 24.0 Å². The average molecular weight is 436 g/mol. The fourth-order valence-corrected chi connectivity index (χ4v) is 2.50. The van der Waals surface area contributed by atoms with Gasteiger partial charge >= 0.3 is 29.8 Å². The number of carbonyl (C=O) groups is 5. The van der Waals surface area contributed by atoms with Gasteiger partial charge in [-0.3, -0.25) is 24.0 Å². The van der Waals surface area contributed by atoms with Crippen LogP contribution in [0.4, 0.5) is 0 Å². The lowest BCUT2D eigenvalue weighted by Crippen LogP contribution is -2.56. The molecule has 0 rings (SSSR count). The number of hydrogen-bond donors (Lipinski definition) is 0. The van der Waals surface area contributed by atoms with Crippen LogP contribution in [0.2, 0.25) is 0 Å². The third-order valence-corrected chi connectivity index (χ3v) is 3.42. The van der Waals surface area contributed by atoms with Gasteiger partial charge in [0, 0.05) is 48.8 Å². The summed E-state index contributed by atoms with van der Waals surface area (Å²) in [6.07, 6.45) is -7.22. The van der Waals surface area contributed by atoms with Gasteiger partial charge in [0.15, 0.2) is 30.7 Å². The monoisotopic (exact) mass is 436 g/mol. The van der Waals surface area contributed by atoms with Crippen molar-refractivity contribution < 1.29 is 57.1 Å². The molecule has 0 spiro atoms. The zero-order chi connectivity index (χ0) is 23.4. The maximum Gasteiger partial charge on any atom is 0.303 e. The maximum atomic E-state index is 11.8. The molecule has 0 aromatic rings. The highest BCUT2D eigenvalue weighted by molar-refractivity contribution is 5.69. The van der Waals surface area contributed by atoms with E-state index in [2.05, 4.69) is 0 Å². The molecule has 0 N–H and O–H groups in total. The Hall–Kier alpha value is -2.73. The van der Waals surface area contributed by atoms with Crippen LogP contribution in [0.25, 0.3) is 0 Å². The van der Waals surface area contributed by atoms with Crippen molar-refractivity contribution in [2.75, 3.05) is 20.8 Å². The molecule has 30 heavy (non-hydrogen) atoms. The Bertz CT molecular complexity index is 612. The van der Waals surface area contributed by atoms with Gasteiger partial charge in [-0.2, -0.15) is 0 Å². The van der Waals surface area contributed by atoms with Gasteiger partial charge in [-0.1, -0.05) is 0 Å². The van der Waals surface area contributed by atoms with Gasteiger partial charge in [-0.15, -0.1) is 0 Å². The number of rotatable bonds is 12. The first kappa shape index (κ1) is 27.3. The first-order chi connectivity index (χ1) is 13.9. The first-order valence-electron chi connectivity index (χ1n) is 8.80. The van der Waals surface area contributed by atoms with E-state index in [4.69, 9.17) is 33.2 Å². The van der Waals surface area contributed by atoms with Crippen molar-refractivity contribution >= 4 is 29.8 Å². The topological polar surface area (TPSA) is 150 Å². The number of hydrogen-bond acceptors (Lipinski definition) is 12. The van der Waals surface area contributed by atoms with Crippen LogP contribution in [0.15, 0.2) is 0 Å². The van der Waals surface area contributed by atoms with Crippen LogP contribution in [0, 0.1) is 0 Å². The second kappa shape index (κ2) is 13.5. The predicted octanol–water partition coefficient (Wildman–Crippen LogP) is -0.105. The standard InChI is InChI=1S/C18H28O12/c1-9(19)26-8-14(27-10(2)20)15(28-11(3)21)16(29-12(4)22)17(30-13(5)23)18(24-6)25-7/h14-18H,8H2,1-7H3/t14-,15-,16-,17-/m0/s1. The molecule has 0 saturated carbocycles. The summed E-state index contributed by atoms with van der Waals surface area (Å²) in [4.78, 5) is 58.0. The van der Waals surface area contributed by atoms with Crippen molar-refractivity contribution in [2.45, 2.75) is 65.3 Å². The summed E-state index contributed by atoms with van der Waals surface area (Å²) >= 11 is 0. The van der Waals surface area contributed by atoms with Crippen LogP contribution in [-0.2, 0) is 57.1 Å². The van der Waals surface area contributed by atoms with Crippen LogP contribution in [0.3, 0.4) is 0 Å². The molecule has 0 aliphatic heterocycles. The molecule has 0 aromatic heterocycles. The second-order valence-electron chi connectivity index (χ2n) is 6.01. The highest BCUT2D eigenvalue weighted by Crippen LogP contribution is 2.23. The zero-order valence-electron chi connectivity index (χ0n) is 18.0. The molecule has 0 bridgehead atoms. The van der Waals surface area contributed by atoms with Gasteiger partial charge in [0.25, 0.3) is 0 Å². The van der Waals surface area contributed by atoms with Crippen molar-refractivity contribution in [3.8, 4) is 0 Å². The number of ether oxygens (including phenoxy) is 7. The number of carbonyl (C=O) groups excluding carboxylic acids is 5. The summed E-state index contributed by atoms with van der Waals surface area (Å²) < 4.78 is 35.9. The largest absolute Gasteiger partial charge is 0.462 e. The Kier molecular flexibility index (Phi) is 12.3. The first-order valence-corrected chi connectivity index (χ1v) is 8.80. The van der Waals surface area contributed by atoms with E-state index in [-0.39, 0.29) is 0 Å². The Morgan fingerprint density at radius 2 is 0.967 bits per heavy atom.